The van der Waals surface area contributed by atoms with E-state index in [0.717, 1.165) is 16.8 Å². The van der Waals surface area contributed by atoms with Crippen molar-refractivity contribution in [1.29, 1.82) is 0 Å². The third-order valence-electron chi connectivity index (χ3n) is 4.61. The van der Waals surface area contributed by atoms with Crippen molar-refractivity contribution in [1.82, 2.24) is 9.13 Å². The molecule has 0 saturated carbocycles. The fraction of sp³-hybridized carbons (Fsp3) is 0.0870. The Bertz CT molecular complexity index is 1220. The van der Waals surface area contributed by atoms with Crippen molar-refractivity contribution in [3.05, 3.63) is 100 Å². The highest BCUT2D eigenvalue weighted by Crippen LogP contribution is 2.29. The maximum atomic E-state index is 13.3. The molecule has 1 aromatic heterocycles. The molecule has 5 nitrogen and oxygen atoms in total. The van der Waals surface area contributed by atoms with Gasteiger partial charge in [0, 0.05) is 0 Å². The number of para-hydroxylation sites is 1. The molecule has 6 heteroatoms. The van der Waals surface area contributed by atoms with Gasteiger partial charge in [-0.2, -0.15) is 0 Å². The summed E-state index contributed by atoms with van der Waals surface area (Å²) >= 11 is 4.64. The molecule has 0 fully saturated rings. The summed E-state index contributed by atoms with van der Waals surface area (Å²) in [5.41, 5.74) is 4.15. The minimum absolute atomic E-state index is 0.247. The summed E-state index contributed by atoms with van der Waals surface area (Å²) in [6.07, 6.45) is 0. The van der Waals surface area contributed by atoms with Crippen LogP contribution in [0.1, 0.15) is 11.1 Å². The van der Waals surface area contributed by atoms with Crippen LogP contribution in [0.25, 0.3) is 11.4 Å². The highest BCUT2D eigenvalue weighted by molar-refractivity contribution is 7.80. The van der Waals surface area contributed by atoms with Crippen molar-refractivity contribution >= 4 is 24.1 Å². The molecule has 0 aliphatic heterocycles. The van der Waals surface area contributed by atoms with Crippen LogP contribution in [-0.4, -0.2) is 9.13 Å². The lowest BCUT2D eigenvalue weighted by molar-refractivity contribution is 0.873. The third kappa shape index (κ3) is 3.79. The number of azo groups is 1. The number of imidazole rings is 1. The van der Waals surface area contributed by atoms with Gasteiger partial charge in [0.2, 0.25) is 0 Å². The van der Waals surface area contributed by atoms with Crippen LogP contribution in [0.2, 0.25) is 0 Å². The molecule has 0 bridgehead atoms. The minimum atomic E-state index is -0.247. The Morgan fingerprint density at radius 1 is 0.690 bits per heavy atom. The highest BCUT2D eigenvalue weighted by Gasteiger charge is 2.20. The molecule has 0 saturated heterocycles. The predicted molar refractivity (Wildman–Crippen MR) is 119 cm³/mol. The first-order valence-corrected chi connectivity index (χ1v) is 9.67. The van der Waals surface area contributed by atoms with Gasteiger partial charge in [0.15, 0.2) is 5.82 Å². The second-order valence-electron chi connectivity index (χ2n) is 6.81. The number of rotatable bonds is 4. The fourth-order valence-corrected chi connectivity index (χ4v) is 3.37. The molecular weight excluding hydrogens is 380 g/mol. The molecule has 0 aliphatic rings. The van der Waals surface area contributed by atoms with Crippen molar-refractivity contribution < 1.29 is 0 Å². The number of aryl methyl sites for hydroxylation is 2. The summed E-state index contributed by atoms with van der Waals surface area (Å²) < 4.78 is 3.07. The van der Waals surface area contributed by atoms with Crippen molar-refractivity contribution in [3.8, 4) is 11.4 Å². The molecule has 4 rings (SSSR count). The van der Waals surface area contributed by atoms with Gasteiger partial charge >= 0.3 is 5.69 Å². The number of thiol groups is 1. The van der Waals surface area contributed by atoms with Crippen LogP contribution in [0, 0.1) is 13.8 Å². The van der Waals surface area contributed by atoms with E-state index in [1.807, 2.05) is 92.7 Å². The Labute approximate surface area is 174 Å². The number of hydrogen-bond donors (Lipinski definition) is 1. The quantitative estimate of drug-likeness (QED) is 0.334. The molecule has 1 heterocycles. The Hall–Kier alpha value is -3.38. The van der Waals surface area contributed by atoms with Crippen LogP contribution in [0.4, 0.5) is 11.5 Å². The Morgan fingerprint density at radius 3 is 1.86 bits per heavy atom. The molecule has 0 atom stereocenters. The molecule has 0 N–H and O–H groups in total. The van der Waals surface area contributed by atoms with Gasteiger partial charge in [0.1, 0.15) is 5.03 Å². The SMILES string of the molecule is Cc1ccc(N=Nc2c(S)n(-c3ccc(C)cc3)c(=O)n2-c2ccccc2)cc1. The van der Waals surface area contributed by atoms with Gasteiger partial charge in [0.05, 0.1) is 17.1 Å². The number of nitrogens with zero attached hydrogens (tertiary/aromatic N) is 4. The zero-order valence-corrected chi connectivity index (χ0v) is 17.0. The Balaban J connectivity index is 1.91. The molecule has 29 heavy (non-hydrogen) atoms. The van der Waals surface area contributed by atoms with E-state index >= 15 is 0 Å². The fourth-order valence-electron chi connectivity index (χ4n) is 3.02. The van der Waals surface area contributed by atoms with Crippen molar-refractivity contribution in [2.45, 2.75) is 18.9 Å². The first-order valence-electron chi connectivity index (χ1n) is 9.22. The Kier molecular flexibility index (Phi) is 5.18. The molecule has 144 valence electrons. The zero-order chi connectivity index (χ0) is 20.4. The van der Waals surface area contributed by atoms with E-state index in [1.165, 1.54) is 4.57 Å². The number of hydrogen-bond acceptors (Lipinski definition) is 4. The largest absolute Gasteiger partial charge is 0.340 e. The molecular formula is C23H20N4OS. The summed E-state index contributed by atoms with van der Waals surface area (Å²) in [6, 6.07) is 24.8. The topological polar surface area (TPSA) is 51.6 Å². The lowest BCUT2D eigenvalue weighted by Crippen LogP contribution is -2.22. The van der Waals surface area contributed by atoms with Gasteiger partial charge in [-0.3, -0.25) is 4.57 Å². The van der Waals surface area contributed by atoms with Gasteiger partial charge in [-0.05, 0) is 50.2 Å². The molecule has 0 spiro atoms. The first-order chi connectivity index (χ1) is 14.0. The summed E-state index contributed by atoms with van der Waals surface area (Å²) in [7, 11) is 0. The van der Waals surface area contributed by atoms with Gasteiger partial charge < -0.3 is 0 Å². The summed E-state index contributed by atoms with van der Waals surface area (Å²) in [6.45, 7) is 4.02. The van der Waals surface area contributed by atoms with Gasteiger partial charge in [-0.15, -0.1) is 22.9 Å². The summed E-state index contributed by atoms with van der Waals surface area (Å²) in [5, 5.41) is 9.16. The van der Waals surface area contributed by atoms with Crippen LogP contribution < -0.4 is 5.69 Å². The van der Waals surface area contributed by atoms with E-state index in [2.05, 4.69) is 22.9 Å². The van der Waals surface area contributed by atoms with E-state index in [4.69, 9.17) is 0 Å². The van der Waals surface area contributed by atoms with Crippen molar-refractivity contribution in [2.24, 2.45) is 10.2 Å². The smallest absolute Gasteiger partial charge is 0.253 e. The van der Waals surface area contributed by atoms with Crippen LogP contribution in [0.15, 0.2) is 98.9 Å². The molecule has 0 aliphatic carbocycles. The standard InChI is InChI=1S/C23H20N4OS/c1-16-8-12-18(13-9-16)24-25-21-22(29)27(20-14-10-17(2)11-15-20)23(28)26(21)19-6-4-3-5-7-19/h3-15,29H,1-2H3. The van der Waals surface area contributed by atoms with Crippen molar-refractivity contribution in [2.75, 3.05) is 0 Å². The third-order valence-corrected chi connectivity index (χ3v) is 5.01. The van der Waals surface area contributed by atoms with E-state index in [9.17, 15) is 4.79 Å². The Morgan fingerprint density at radius 2 is 1.24 bits per heavy atom. The van der Waals surface area contributed by atoms with Crippen LogP contribution in [0.5, 0.6) is 0 Å². The lowest BCUT2D eigenvalue weighted by Gasteiger charge is -2.03. The van der Waals surface area contributed by atoms with Gasteiger partial charge in [0.25, 0.3) is 0 Å². The predicted octanol–water partition coefficient (Wildman–Crippen LogP) is 5.95. The minimum Gasteiger partial charge on any atom is -0.253 e. The highest BCUT2D eigenvalue weighted by atomic mass is 32.1. The molecule has 0 radical (unpaired) electrons. The van der Waals surface area contributed by atoms with E-state index in [1.54, 1.807) is 4.57 Å². The van der Waals surface area contributed by atoms with Gasteiger partial charge in [-0.1, -0.05) is 53.6 Å². The average Bonchev–Trinajstić information content (AvgIpc) is 2.98. The second kappa shape index (κ2) is 7.93. The number of benzene rings is 3. The van der Waals surface area contributed by atoms with Crippen molar-refractivity contribution in [3.63, 3.8) is 0 Å². The molecule has 3 aromatic carbocycles. The summed E-state index contributed by atoms with van der Waals surface area (Å²) in [5.74, 6) is 0.380. The number of aromatic nitrogens is 2. The van der Waals surface area contributed by atoms with E-state index in [-0.39, 0.29) is 5.69 Å². The van der Waals surface area contributed by atoms with Crippen LogP contribution in [-0.2, 0) is 0 Å². The zero-order valence-electron chi connectivity index (χ0n) is 16.1. The normalized spacial score (nSPS) is 11.3. The maximum absolute atomic E-state index is 13.3. The second-order valence-corrected chi connectivity index (χ2v) is 7.23. The average molecular weight is 401 g/mol. The molecule has 0 unspecified atom stereocenters. The van der Waals surface area contributed by atoms with Crippen LogP contribution in [0.3, 0.4) is 0 Å². The first kappa shape index (κ1) is 19.0. The monoisotopic (exact) mass is 400 g/mol. The summed E-state index contributed by atoms with van der Waals surface area (Å²) in [4.78, 5) is 13.3. The molecule has 4 aromatic rings. The lowest BCUT2D eigenvalue weighted by atomic mass is 10.2. The van der Waals surface area contributed by atoms with E-state index < -0.39 is 0 Å². The molecule has 0 amide bonds. The van der Waals surface area contributed by atoms with Gasteiger partial charge in [-0.25, -0.2) is 9.36 Å². The maximum Gasteiger partial charge on any atom is 0.340 e. The van der Waals surface area contributed by atoms with E-state index in [0.29, 0.717) is 22.2 Å². The van der Waals surface area contributed by atoms with Crippen LogP contribution >= 0.6 is 12.6 Å².